The molecule has 82 valence electrons. The molecule has 0 saturated carbocycles. The SMILES string of the molecule is NCc1cnc(Oc2ccccc2F)nc1. The van der Waals surface area contributed by atoms with Gasteiger partial charge in [0, 0.05) is 24.5 Å². The second-order valence-corrected chi connectivity index (χ2v) is 3.11. The zero-order valence-corrected chi connectivity index (χ0v) is 8.43. The summed E-state index contributed by atoms with van der Waals surface area (Å²) >= 11 is 0. The third-order valence-corrected chi connectivity index (χ3v) is 1.96. The number of hydrogen-bond acceptors (Lipinski definition) is 4. The highest BCUT2D eigenvalue weighted by Gasteiger charge is 2.04. The lowest BCUT2D eigenvalue weighted by Gasteiger charge is -2.04. The number of hydrogen-bond donors (Lipinski definition) is 1. The zero-order valence-electron chi connectivity index (χ0n) is 8.43. The van der Waals surface area contributed by atoms with E-state index < -0.39 is 5.82 Å². The summed E-state index contributed by atoms with van der Waals surface area (Å²) in [6.07, 6.45) is 3.09. The van der Waals surface area contributed by atoms with Gasteiger partial charge in [-0.3, -0.25) is 0 Å². The van der Waals surface area contributed by atoms with Crippen molar-refractivity contribution in [3.05, 3.63) is 48.0 Å². The molecule has 0 atom stereocenters. The van der Waals surface area contributed by atoms with Gasteiger partial charge >= 0.3 is 6.01 Å². The molecule has 0 saturated heterocycles. The van der Waals surface area contributed by atoms with Crippen molar-refractivity contribution >= 4 is 0 Å². The number of para-hydroxylation sites is 1. The van der Waals surface area contributed by atoms with Crippen molar-refractivity contribution in [2.75, 3.05) is 0 Å². The number of benzene rings is 1. The van der Waals surface area contributed by atoms with Gasteiger partial charge in [-0.1, -0.05) is 12.1 Å². The van der Waals surface area contributed by atoms with Crippen LogP contribution in [0.25, 0.3) is 0 Å². The number of rotatable bonds is 3. The molecular weight excluding hydrogens is 209 g/mol. The van der Waals surface area contributed by atoms with E-state index in [1.54, 1.807) is 24.5 Å². The first-order valence-corrected chi connectivity index (χ1v) is 4.73. The van der Waals surface area contributed by atoms with Gasteiger partial charge in [0.15, 0.2) is 11.6 Å². The molecular formula is C11H10FN3O. The Morgan fingerprint density at radius 3 is 2.50 bits per heavy atom. The van der Waals surface area contributed by atoms with Gasteiger partial charge in [-0.2, -0.15) is 0 Å². The predicted octanol–water partition coefficient (Wildman–Crippen LogP) is 1.87. The fourth-order valence-electron chi connectivity index (χ4n) is 1.13. The van der Waals surface area contributed by atoms with Crippen LogP contribution >= 0.6 is 0 Å². The third-order valence-electron chi connectivity index (χ3n) is 1.96. The molecule has 0 spiro atoms. The number of nitrogens with zero attached hydrogens (tertiary/aromatic N) is 2. The van der Waals surface area contributed by atoms with Gasteiger partial charge in [0.25, 0.3) is 0 Å². The van der Waals surface area contributed by atoms with E-state index in [4.69, 9.17) is 10.5 Å². The molecule has 2 rings (SSSR count). The van der Waals surface area contributed by atoms with E-state index in [0.717, 1.165) is 5.56 Å². The van der Waals surface area contributed by atoms with E-state index in [-0.39, 0.29) is 11.8 Å². The Morgan fingerprint density at radius 1 is 1.19 bits per heavy atom. The Morgan fingerprint density at radius 2 is 1.88 bits per heavy atom. The van der Waals surface area contributed by atoms with Gasteiger partial charge in [-0.15, -0.1) is 0 Å². The molecule has 2 N–H and O–H groups in total. The average molecular weight is 219 g/mol. The van der Waals surface area contributed by atoms with Crippen LogP contribution in [0.1, 0.15) is 5.56 Å². The van der Waals surface area contributed by atoms with Gasteiger partial charge in [0.05, 0.1) is 0 Å². The number of aromatic nitrogens is 2. The summed E-state index contributed by atoms with van der Waals surface area (Å²) in [6.45, 7) is 0.361. The van der Waals surface area contributed by atoms with Crippen molar-refractivity contribution in [1.29, 1.82) is 0 Å². The maximum absolute atomic E-state index is 13.2. The smallest absolute Gasteiger partial charge is 0.321 e. The molecule has 0 aliphatic carbocycles. The third kappa shape index (κ3) is 2.32. The lowest BCUT2D eigenvalue weighted by atomic mass is 10.3. The number of halogens is 1. The first-order valence-electron chi connectivity index (χ1n) is 4.73. The predicted molar refractivity (Wildman–Crippen MR) is 56.4 cm³/mol. The molecule has 1 aromatic carbocycles. The molecule has 1 heterocycles. The van der Waals surface area contributed by atoms with E-state index in [9.17, 15) is 4.39 Å². The Labute approximate surface area is 91.9 Å². The fraction of sp³-hybridized carbons (Fsp3) is 0.0909. The normalized spacial score (nSPS) is 10.1. The van der Waals surface area contributed by atoms with Gasteiger partial charge < -0.3 is 10.5 Å². The molecule has 1 aromatic heterocycles. The van der Waals surface area contributed by atoms with E-state index in [1.165, 1.54) is 12.1 Å². The average Bonchev–Trinajstić information content (AvgIpc) is 2.33. The minimum Gasteiger partial charge on any atom is -0.421 e. The van der Waals surface area contributed by atoms with Crippen LogP contribution < -0.4 is 10.5 Å². The Hall–Kier alpha value is -2.01. The summed E-state index contributed by atoms with van der Waals surface area (Å²) in [7, 11) is 0. The summed E-state index contributed by atoms with van der Waals surface area (Å²) in [5.74, 6) is -0.350. The first-order chi connectivity index (χ1) is 7.79. The molecule has 0 fully saturated rings. The van der Waals surface area contributed by atoms with Crippen molar-refractivity contribution < 1.29 is 9.13 Å². The van der Waals surface area contributed by atoms with Crippen LogP contribution in [-0.2, 0) is 6.54 Å². The second kappa shape index (κ2) is 4.67. The molecule has 0 amide bonds. The fourth-order valence-corrected chi connectivity index (χ4v) is 1.13. The summed E-state index contributed by atoms with van der Waals surface area (Å²) in [5, 5.41) is 0. The van der Waals surface area contributed by atoms with Crippen molar-refractivity contribution in [2.24, 2.45) is 5.73 Å². The van der Waals surface area contributed by atoms with E-state index in [2.05, 4.69) is 9.97 Å². The molecule has 0 unspecified atom stereocenters. The highest BCUT2D eigenvalue weighted by atomic mass is 19.1. The molecule has 0 radical (unpaired) electrons. The van der Waals surface area contributed by atoms with Crippen LogP contribution in [0.15, 0.2) is 36.7 Å². The van der Waals surface area contributed by atoms with Crippen LogP contribution in [0, 0.1) is 5.82 Å². The Kier molecular flexibility index (Phi) is 3.07. The summed E-state index contributed by atoms with van der Waals surface area (Å²) < 4.78 is 18.4. The van der Waals surface area contributed by atoms with Crippen LogP contribution in [0.3, 0.4) is 0 Å². The lowest BCUT2D eigenvalue weighted by molar-refractivity contribution is 0.410. The summed E-state index contributed by atoms with van der Waals surface area (Å²) in [4.78, 5) is 7.81. The van der Waals surface area contributed by atoms with Gasteiger partial charge in [-0.05, 0) is 12.1 Å². The summed E-state index contributed by atoms with van der Waals surface area (Å²) in [6, 6.07) is 6.18. The second-order valence-electron chi connectivity index (χ2n) is 3.11. The minimum absolute atomic E-state index is 0.0994. The van der Waals surface area contributed by atoms with Crippen LogP contribution in [-0.4, -0.2) is 9.97 Å². The van der Waals surface area contributed by atoms with Gasteiger partial charge in [0.2, 0.25) is 0 Å². The molecule has 0 aliphatic heterocycles. The molecule has 0 bridgehead atoms. The zero-order chi connectivity index (χ0) is 11.4. The van der Waals surface area contributed by atoms with Gasteiger partial charge in [0.1, 0.15) is 0 Å². The van der Waals surface area contributed by atoms with Crippen LogP contribution in [0.4, 0.5) is 4.39 Å². The van der Waals surface area contributed by atoms with Gasteiger partial charge in [-0.25, -0.2) is 14.4 Å². The number of nitrogens with two attached hydrogens (primary N) is 1. The van der Waals surface area contributed by atoms with Crippen molar-refractivity contribution in [2.45, 2.75) is 6.54 Å². The molecule has 0 aliphatic rings. The van der Waals surface area contributed by atoms with Crippen molar-refractivity contribution in [1.82, 2.24) is 9.97 Å². The Balaban J connectivity index is 2.18. The minimum atomic E-state index is -0.450. The van der Waals surface area contributed by atoms with E-state index in [1.807, 2.05) is 0 Å². The highest BCUT2D eigenvalue weighted by Crippen LogP contribution is 2.20. The topological polar surface area (TPSA) is 61.0 Å². The first kappa shape index (κ1) is 10.5. The number of ether oxygens (including phenoxy) is 1. The monoisotopic (exact) mass is 219 g/mol. The van der Waals surface area contributed by atoms with Crippen LogP contribution in [0.5, 0.6) is 11.8 Å². The van der Waals surface area contributed by atoms with E-state index in [0.29, 0.717) is 6.54 Å². The molecule has 4 nitrogen and oxygen atoms in total. The Bertz CT molecular complexity index is 473. The molecule has 2 aromatic rings. The highest BCUT2D eigenvalue weighted by molar-refractivity contribution is 5.26. The van der Waals surface area contributed by atoms with Crippen LogP contribution in [0.2, 0.25) is 0 Å². The quantitative estimate of drug-likeness (QED) is 0.855. The standard InChI is InChI=1S/C11H10FN3O/c12-9-3-1-2-4-10(9)16-11-14-6-8(5-13)7-15-11/h1-4,6-7H,5,13H2. The maximum Gasteiger partial charge on any atom is 0.321 e. The van der Waals surface area contributed by atoms with Crippen molar-refractivity contribution in [3.8, 4) is 11.8 Å². The van der Waals surface area contributed by atoms with E-state index >= 15 is 0 Å². The van der Waals surface area contributed by atoms with Crippen molar-refractivity contribution in [3.63, 3.8) is 0 Å². The lowest BCUT2D eigenvalue weighted by Crippen LogP contribution is -1.99. The largest absolute Gasteiger partial charge is 0.421 e. The molecule has 5 heteroatoms. The summed E-state index contributed by atoms with van der Waals surface area (Å²) in [5.41, 5.74) is 6.19. The maximum atomic E-state index is 13.2. The molecule has 16 heavy (non-hydrogen) atoms.